The molecule has 0 bridgehead atoms. The van der Waals surface area contributed by atoms with E-state index in [1.54, 1.807) is 24.3 Å². The molecule has 1 unspecified atom stereocenters. The molecule has 1 aliphatic heterocycles. The smallest absolute Gasteiger partial charge is 0.346 e. The molecule has 1 heterocycles. The summed E-state index contributed by atoms with van der Waals surface area (Å²) in [5.41, 5.74) is 0.381. The van der Waals surface area contributed by atoms with Crippen LogP contribution in [0.4, 0.5) is 0 Å². The highest BCUT2D eigenvalue weighted by Crippen LogP contribution is 2.25. The van der Waals surface area contributed by atoms with Crippen molar-refractivity contribution in [3.63, 3.8) is 0 Å². The number of cyclic esters (lactones) is 1. The number of hydrogen-bond acceptors (Lipinski definition) is 6. The van der Waals surface area contributed by atoms with Gasteiger partial charge in [-0.1, -0.05) is 23.7 Å². The quantitative estimate of drug-likeness (QED) is 0.272. The molecule has 2 rings (SSSR count). The topological polar surface area (TPSA) is 82.1 Å². The summed E-state index contributed by atoms with van der Waals surface area (Å²) in [4.78, 5) is 33.0. The van der Waals surface area contributed by atoms with E-state index < -0.39 is 17.9 Å². The van der Waals surface area contributed by atoms with Gasteiger partial charge in [-0.3, -0.25) is 4.79 Å². The van der Waals surface area contributed by atoms with E-state index in [4.69, 9.17) is 16.3 Å². The monoisotopic (exact) mass is 326 g/mol. The lowest BCUT2D eigenvalue weighted by molar-refractivity contribution is -0.274. The number of Topliss-reactive ketones (excluding diaryl/α,β-unsaturated/α-hetero) is 1. The Balaban J connectivity index is 2.06. The number of aliphatic hydroxyl groups excluding tert-OH is 1. The van der Waals surface area contributed by atoms with Crippen LogP contribution in [0.15, 0.2) is 35.6 Å². The molecule has 0 saturated heterocycles. The molecule has 0 aliphatic carbocycles. The predicted octanol–water partition coefficient (Wildman–Crippen LogP) is 2.16. The Bertz CT molecular complexity index is 593. The molecule has 0 fully saturated rings. The molecule has 0 amide bonds. The average molecular weight is 327 g/mol. The van der Waals surface area contributed by atoms with Gasteiger partial charge in [-0.25, -0.2) is 14.6 Å². The molecule has 0 aromatic heterocycles. The number of ketones is 1. The van der Waals surface area contributed by atoms with Crippen molar-refractivity contribution < 1.29 is 29.2 Å². The Morgan fingerprint density at radius 2 is 2.05 bits per heavy atom. The van der Waals surface area contributed by atoms with Gasteiger partial charge in [0.05, 0.1) is 13.7 Å². The van der Waals surface area contributed by atoms with Crippen LogP contribution in [0.2, 0.25) is 5.02 Å². The Morgan fingerprint density at radius 3 is 2.68 bits per heavy atom. The predicted molar refractivity (Wildman–Crippen MR) is 77.3 cm³/mol. The fourth-order valence-corrected chi connectivity index (χ4v) is 2.20. The molecule has 22 heavy (non-hydrogen) atoms. The molecule has 6 nitrogen and oxygen atoms in total. The van der Waals surface area contributed by atoms with Crippen LogP contribution in [0, 0.1) is 0 Å². The molecule has 1 aliphatic rings. The van der Waals surface area contributed by atoms with E-state index in [-0.39, 0.29) is 30.8 Å². The lowest BCUT2D eigenvalue weighted by atomic mass is 10.0. The van der Waals surface area contributed by atoms with Gasteiger partial charge in [-0.15, -0.1) is 0 Å². The normalized spacial score (nSPS) is 17.7. The number of halogens is 1. The van der Waals surface area contributed by atoms with Gasteiger partial charge in [-0.05, 0) is 17.7 Å². The summed E-state index contributed by atoms with van der Waals surface area (Å²) >= 11 is 5.77. The fourth-order valence-electron chi connectivity index (χ4n) is 2.08. The number of rotatable bonds is 7. The molecular weight excluding hydrogens is 312 g/mol. The lowest BCUT2D eigenvalue weighted by Gasteiger charge is -2.08. The van der Waals surface area contributed by atoms with E-state index in [1.165, 1.54) is 7.11 Å². The van der Waals surface area contributed by atoms with E-state index in [2.05, 4.69) is 9.78 Å². The van der Waals surface area contributed by atoms with Crippen molar-refractivity contribution in [1.82, 2.24) is 0 Å². The Labute approximate surface area is 132 Å². The number of carbonyl (C=O) groups excluding carboxylic acids is 2. The number of hydrogen-bond donors (Lipinski definition) is 1. The molecule has 1 N–H and O–H groups in total. The zero-order valence-corrected chi connectivity index (χ0v) is 12.6. The minimum absolute atomic E-state index is 0.0209. The summed E-state index contributed by atoms with van der Waals surface area (Å²) < 4.78 is 4.97. The van der Waals surface area contributed by atoms with Crippen LogP contribution in [0.1, 0.15) is 12.0 Å². The Hall–Kier alpha value is -1.89. The second-order valence-electron chi connectivity index (χ2n) is 4.66. The van der Waals surface area contributed by atoms with Crippen LogP contribution in [-0.2, 0) is 30.5 Å². The first-order valence-electron chi connectivity index (χ1n) is 6.60. The van der Waals surface area contributed by atoms with Crippen LogP contribution in [0.3, 0.4) is 0 Å². The van der Waals surface area contributed by atoms with E-state index in [1.807, 2.05) is 0 Å². The number of aliphatic hydroxyl groups is 1. The van der Waals surface area contributed by atoms with Gasteiger partial charge in [0.15, 0.2) is 17.6 Å². The first-order valence-corrected chi connectivity index (χ1v) is 6.98. The largest absolute Gasteiger partial charge is 0.507 e. The van der Waals surface area contributed by atoms with Crippen molar-refractivity contribution in [3.05, 3.63) is 46.2 Å². The summed E-state index contributed by atoms with van der Waals surface area (Å²) in [5.74, 6) is -1.68. The van der Waals surface area contributed by atoms with E-state index >= 15 is 0 Å². The number of carbonyl (C=O) groups is 2. The van der Waals surface area contributed by atoms with Crippen molar-refractivity contribution in [2.75, 3.05) is 13.7 Å². The first-order chi connectivity index (χ1) is 10.5. The first kappa shape index (κ1) is 16.5. The highest BCUT2D eigenvalue weighted by molar-refractivity contribution is 6.30. The average Bonchev–Trinajstić information content (AvgIpc) is 2.76. The van der Waals surface area contributed by atoms with E-state index in [0.29, 0.717) is 10.6 Å². The Morgan fingerprint density at radius 1 is 1.36 bits per heavy atom. The fraction of sp³-hybridized carbons (Fsp3) is 0.333. The number of esters is 1. The van der Waals surface area contributed by atoms with Gasteiger partial charge in [0, 0.05) is 17.9 Å². The second kappa shape index (κ2) is 7.40. The zero-order valence-electron chi connectivity index (χ0n) is 11.9. The summed E-state index contributed by atoms with van der Waals surface area (Å²) in [6.45, 7) is 0.122. The van der Waals surface area contributed by atoms with Crippen LogP contribution < -0.4 is 0 Å². The number of benzene rings is 1. The molecule has 0 radical (unpaired) electrons. The Kier molecular flexibility index (Phi) is 5.54. The molecule has 1 aromatic rings. The van der Waals surface area contributed by atoms with Gasteiger partial charge in [0.1, 0.15) is 5.57 Å². The second-order valence-corrected chi connectivity index (χ2v) is 5.09. The minimum atomic E-state index is -0.883. The third-order valence-electron chi connectivity index (χ3n) is 3.15. The summed E-state index contributed by atoms with van der Waals surface area (Å²) in [5, 5.41) is 10.6. The van der Waals surface area contributed by atoms with Gasteiger partial charge in [0.2, 0.25) is 0 Å². The van der Waals surface area contributed by atoms with Crippen LogP contribution in [0.25, 0.3) is 0 Å². The van der Waals surface area contributed by atoms with Gasteiger partial charge in [0.25, 0.3) is 0 Å². The third kappa shape index (κ3) is 3.85. The molecule has 1 aromatic carbocycles. The van der Waals surface area contributed by atoms with Gasteiger partial charge >= 0.3 is 5.97 Å². The van der Waals surface area contributed by atoms with Gasteiger partial charge in [-0.2, -0.15) is 0 Å². The van der Waals surface area contributed by atoms with Crippen LogP contribution >= 0.6 is 11.6 Å². The third-order valence-corrected chi connectivity index (χ3v) is 3.40. The van der Waals surface area contributed by atoms with Gasteiger partial charge < -0.3 is 9.84 Å². The molecule has 0 spiro atoms. The van der Waals surface area contributed by atoms with Crippen molar-refractivity contribution in [2.45, 2.75) is 18.9 Å². The van der Waals surface area contributed by atoms with Crippen molar-refractivity contribution in [2.24, 2.45) is 0 Å². The summed E-state index contributed by atoms with van der Waals surface area (Å²) in [7, 11) is 1.34. The van der Waals surface area contributed by atoms with Crippen molar-refractivity contribution >= 4 is 23.4 Å². The van der Waals surface area contributed by atoms with E-state index in [0.717, 1.165) is 0 Å². The maximum atomic E-state index is 12.2. The van der Waals surface area contributed by atoms with Crippen LogP contribution in [0.5, 0.6) is 0 Å². The van der Waals surface area contributed by atoms with E-state index in [9.17, 15) is 14.7 Å². The standard InChI is InChI=1S/C15H15ClO6/c1-20-21-7-6-12-14(18)13(15(19)22-12)11(17)8-9-2-4-10(16)5-3-9/h2-5,12,18H,6-8H2,1H3. The highest BCUT2D eigenvalue weighted by atomic mass is 35.5. The highest BCUT2D eigenvalue weighted by Gasteiger charge is 2.37. The van der Waals surface area contributed by atoms with Crippen molar-refractivity contribution in [3.8, 4) is 0 Å². The molecule has 0 saturated carbocycles. The molecule has 1 atom stereocenters. The SMILES string of the molecule is COOCCC1OC(=O)C(C(=O)Cc2ccc(Cl)cc2)=C1O. The summed E-state index contributed by atoms with van der Waals surface area (Å²) in [6.07, 6.45) is -0.706. The maximum absolute atomic E-state index is 12.2. The van der Waals surface area contributed by atoms with Crippen LogP contribution in [-0.4, -0.2) is 36.7 Å². The maximum Gasteiger partial charge on any atom is 0.346 e. The van der Waals surface area contributed by atoms with Crippen molar-refractivity contribution in [1.29, 1.82) is 0 Å². The zero-order chi connectivity index (χ0) is 16.1. The lowest BCUT2D eigenvalue weighted by Crippen LogP contribution is -2.14. The number of ether oxygens (including phenoxy) is 1. The minimum Gasteiger partial charge on any atom is -0.507 e. The molecular formula is C15H15ClO6. The molecule has 7 heteroatoms. The molecule has 118 valence electrons. The summed E-state index contributed by atoms with van der Waals surface area (Å²) in [6, 6.07) is 6.66.